The Morgan fingerprint density at radius 2 is 2.04 bits per heavy atom. The van der Waals surface area contributed by atoms with E-state index in [1.807, 2.05) is 0 Å². The molecule has 0 saturated heterocycles. The summed E-state index contributed by atoms with van der Waals surface area (Å²) in [5.41, 5.74) is -0.410. The van der Waals surface area contributed by atoms with Crippen molar-refractivity contribution in [1.82, 2.24) is 4.98 Å². The first-order valence-corrected chi connectivity index (χ1v) is 9.37. The molecule has 0 aliphatic carbocycles. The highest BCUT2D eigenvalue weighted by molar-refractivity contribution is 7.90. The van der Waals surface area contributed by atoms with Crippen LogP contribution in [0.5, 0.6) is 5.75 Å². The van der Waals surface area contributed by atoms with E-state index in [1.165, 1.54) is 5.38 Å². The van der Waals surface area contributed by atoms with Gasteiger partial charge < -0.3 is 4.74 Å². The third-order valence-corrected chi connectivity index (χ3v) is 4.77. The third kappa shape index (κ3) is 4.28. The number of esters is 1. The van der Waals surface area contributed by atoms with Crippen molar-refractivity contribution in [3.05, 3.63) is 33.9 Å². The van der Waals surface area contributed by atoms with Crippen molar-refractivity contribution in [3.8, 4) is 5.75 Å². The van der Waals surface area contributed by atoms with Crippen LogP contribution < -0.4 is 10.1 Å². The molecule has 24 heavy (non-hydrogen) atoms. The summed E-state index contributed by atoms with van der Waals surface area (Å²) in [6, 6.07) is 1.80. The number of anilines is 1. The Morgan fingerprint density at radius 1 is 1.38 bits per heavy atom. The van der Waals surface area contributed by atoms with Crippen LogP contribution in [-0.4, -0.2) is 31.5 Å². The lowest BCUT2D eigenvalue weighted by Crippen LogP contribution is -2.14. The summed E-state index contributed by atoms with van der Waals surface area (Å²) < 4.78 is 41.4. The van der Waals surface area contributed by atoms with Gasteiger partial charge in [-0.05, 0) is 6.07 Å². The van der Waals surface area contributed by atoms with Gasteiger partial charge in [0, 0.05) is 24.6 Å². The maximum Gasteiger partial charge on any atom is 0.308 e. The summed E-state index contributed by atoms with van der Waals surface area (Å²) in [5, 5.41) is 3.18. The summed E-state index contributed by atoms with van der Waals surface area (Å²) >= 11 is 6.71. The Labute approximate surface area is 145 Å². The van der Waals surface area contributed by atoms with Gasteiger partial charge in [0.25, 0.3) is 5.91 Å². The molecule has 0 unspecified atom stereocenters. The van der Waals surface area contributed by atoms with E-state index in [2.05, 4.69) is 10.3 Å². The lowest BCUT2D eigenvalue weighted by atomic mass is 10.2. The number of aromatic nitrogens is 1. The topological polar surface area (TPSA) is 102 Å². The number of rotatable bonds is 4. The number of amides is 1. The lowest BCUT2D eigenvalue weighted by Gasteiger charge is -2.08. The highest BCUT2D eigenvalue weighted by Crippen LogP contribution is 2.29. The molecule has 7 nitrogen and oxygen atoms in total. The van der Waals surface area contributed by atoms with Crippen molar-refractivity contribution in [2.24, 2.45) is 0 Å². The van der Waals surface area contributed by atoms with E-state index in [0.29, 0.717) is 0 Å². The molecule has 11 heteroatoms. The van der Waals surface area contributed by atoms with Crippen LogP contribution in [0, 0.1) is 5.82 Å². The average molecular weight is 393 g/mol. The highest BCUT2D eigenvalue weighted by atomic mass is 35.5. The largest absolute Gasteiger partial charge is 0.425 e. The number of halogens is 2. The average Bonchev–Trinajstić information content (AvgIpc) is 2.90. The normalized spacial score (nSPS) is 11.2. The van der Waals surface area contributed by atoms with E-state index in [4.69, 9.17) is 16.3 Å². The molecule has 0 aliphatic rings. The first-order chi connectivity index (χ1) is 11.1. The molecule has 1 aromatic heterocycles. The number of ether oxygens (including phenoxy) is 1. The van der Waals surface area contributed by atoms with Gasteiger partial charge in [0.05, 0.1) is 10.6 Å². The molecule has 2 aromatic rings. The molecule has 0 spiro atoms. The van der Waals surface area contributed by atoms with Gasteiger partial charge in [0.2, 0.25) is 0 Å². The Bertz CT molecular complexity index is 926. The summed E-state index contributed by atoms with van der Waals surface area (Å²) in [5.74, 6) is -2.75. The van der Waals surface area contributed by atoms with E-state index in [9.17, 15) is 22.4 Å². The number of carbonyl (C=O) groups is 2. The number of hydrogen-bond acceptors (Lipinski definition) is 7. The van der Waals surface area contributed by atoms with Gasteiger partial charge in [-0.15, -0.1) is 11.3 Å². The van der Waals surface area contributed by atoms with E-state index >= 15 is 0 Å². The van der Waals surface area contributed by atoms with Crippen molar-refractivity contribution in [2.75, 3.05) is 11.6 Å². The second-order valence-electron chi connectivity index (χ2n) is 4.57. The molecule has 2 rings (SSSR count). The van der Waals surface area contributed by atoms with Crippen LogP contribution in [0.1, 0.15) is 17.3 Å². The first-order valence-electron chi connectivity index (χ1n) is 6.22. The lowest BCUT2D eigenvalue weighted by molar-refractivity contribution is -0.131. The number of carbonyl (C=O) groups excluding carboxylic acids is 2. The van der Waals surface area contributed by atoms with Crippen LogP contribution in [0.4, 0.5) is 9.52 Å². The van der Waals surface area contributed by atoms with Gasteiger partial charge in [-0.25, -0.2) is 17.8 Å². The first kappa shape index (κ1) is 18.3. The van der Waals surface area contributed by atoms with Crippen molar-refractivity contribution < 1.29 is 27.1 Å². The van der Waals surface area contributed by atoms with E-state index in [-0.39, 0.29) is 20.9 Å². The smallest absolute Gasteiger partial charge is 0.308 e. The fourth-order valence-corrected chi connectivity index (χ4v) is 3.52. The van der Waals surface area contributed by atoms with Gasteiger partial charge in [-0.1, -0.05) is 11.6 Å². The zero-order valence-electron chi connectivity index (χ0n) is 12.3. The van der Waals surface area contributed by atoms with Crippen molar-refractivity contribution in [2.45, 2.75) is 11.9 Å². The molecular formula is C13H10ClFN2O5S2. The Morgan fingerprint density at radius 3 is 2.58 bits per heavy atom. The molecule has 1 N–H and O–H groups in total. The maximum atomic E-state index is 14.0. The van der Waals surface area contributed by atoms with Gasteiger partial charge in [-0.2, -0.15) is 0 Å². The summed E-state index contributed by atoms with van der Waals surface area (Å²) in [6.45, 7) is 1.12. The number of sulfone groups is 1. The number of hydrogen-bond donors (Lipinski definition) is 1. The van der Waals surface area contributed by atoms with E-state index < -0.39 is 33.1 Å². The van der Waals surface area contributed by atoms with Crippen molar-refractivity contribution >= 4 is 49.8 Å². The summed E-state index contributed by atoms with van der Waals surface area (Å²) in [7, 11) is -3.51. The fourth-order valence-electron chi connectivity index (χ4n) is 1.59. The molecule has 0 atom stereocenters. The van der Waals surface area contributed by atoms with Crippen LogP contribution in [0.2, 0.25) is 5.02 Å². The second-order valence-corrected chi connectivity index (χ2v) is 7.80. The molecule has 0 radical (unpaired) electrons. The van der Waals surface area contributed by atoms with Crippen molar-refractivity contribution in [3.63, 3.8) is 0 Å². The Hall–Kier alpha value is -2.04. The minimum atomic E-state index is -3.51. The van der Waals surface area contributed by atoms with Gasteiger partial charge in [0.15, 0.2) is 25.7 Å². The standard InChI is InChI=1S/C13H10ClFN2O5S2/c1-6(18)22-10-4-9(15)7(3-8(10)14)12(19)17-13-16-11(5-23-13)24(2,20)21/h3-5H,1-2H3,(H,16,17,19). The minimum absolute atomic E-state index is 0.0139. The summed E-state index contributed by atoms with van der Waals surface area (Å²) in [4.78, 5) is 26.7. The molecule has 0 saturated carbocycles. The molecule has 0 bridgehead atoms. The highest BCUT2D eigenvalue weighted by Gasteiger charge is 2.19. The number of nitrogens with zero attached hydrogens (tertiary/aromatic N) is 1. The molecule has 1 aromatic carbocycles. The predicted molar refractivity (Wildman–Crippen MR) is 85.9 cm³/mol. The van der Waals surface area contributed by atoms with Crippen LogP contribution in [0.25, 0.3) is 0 Å². The second kappa shape index (κ2) is 6.83. The zero-order chi connectivity index (χ0) is 18.1. The number of benzene rings is 1. The predicted octanol–water partition coefficient (Wildman–Crippen LogP) is 2.52. The van der Waals surface area contributed by atoms with Crippen LogP contribution in [0.3, 0.4) is 0 Å². The molecule has 1 heterocycles. The number of nitrogens with one attached hydrogen (secondary N) is 1. The van der Waals surface area contributed by atoms with Crippen LogP contribution in [-0.2, 0) is 14.6 Å². The molecule has 128 valence electrons. The minimum Gasteiger partial charge on any atom is -0.425 e. The van der Waals surface area contributed by atoms with Crippen LogP contribution >= 0.6 is 22.9 Å². The van der Waals surface area contributed by atoms with Crippen molar-refractivity contribution in [1.29, 1.82) is 0 Å². The van der Waals surface area contributed by atoms with Crippen LogP contribution in [0.15, 0.2) is 22.5 Å². The molecular weight excluding hydrogens is 383 g/mol. The molecule has 0 aliphatic heterocycles. The fraction of sp³-hybridized carbons (Fsp3) is 0.154. The zero-order valence-corrected chi connectivity index (χ0v) is 14.7. The Balaban J connectivity index is 2.25. The maximum absolute atomic E-state index is 14.0. The molecule has 1 amide bonds. The molecule has 0 fully saturated rings. The summed E-state index contributed by atoms with van der Waals surface area (Å²) in [6.07, 6.45) is 0.973. The monoisotopic (exact) mass is 392 g/mol. The SMILES string of the molecule is CC(=O)Oc1cc(F)c(C(=O)Nc2nc(S(C)(=O)=O)cs2)cc1Cl. The Kier molecular flexibility index (Phi) is 5.21. The van der Waals surface area contributed by atoms with Gasteiger partial charge in [0.1, 0.15) is 5.82 Å². The quantitative estimate of drug-likeness (QED) is 0.633. The van der Waals surface area contributed by atoms with Gasteiger partial charge in [-0.3, -0.25) is 14.9 Å². The van der Waals surface area contributed by atoms with E-state index in [1.54, 1.807) is 0 Å². The van der Waals surface area contributed by atoms with E-state index in [0.717, 1.165) is 36.6 Å². The third-order valence-electron chi connectivity index (χ3n) is 2.60. The number of thiazole rings is 1. The van der Waals surface area contributed by atoms with Gasteiger partial charge >= 0.3 is 5.97 Å².